The van der Waals surface area contributed by atoms with E-state index in [0.29, 0.717) is 0 Å². The standard InChI is InChI=1S/C43H47BrN4/c1-26(2)35-20-31(21-36(27(3)4)42(35)47-24-33-14-10-12-18-45-33)40-30(9)16-17-39(44)41(40)32-22-37(28(5)6)43(38(23-32)29(7)8)48-25-34-15-11-13-19-46-34/h10-29H,1-9H3/b47-24+,48-25+. The lowest BCUT2D eigenvalue weighted by molar-refractivity contribution is 0.835. The molecule has 0 radical (unpaired) electrons. The van der Waals surface area contributed by atoms with Crippen LogP contribution in [0.5, 0.6) is 0 Å². The van der Waals surface area contributed by atoms with Gasteiger partial charge in [-0.15, -0.1) is 0 Å². The Morgan fingerprint density at radius 3 is 1.29 bits per heavy atom. The van der Waals surface area contributed by atoms with Gasteiger partial charge in [0.25, 0.3) is 0 Å². The summed E-state index contributed by atoms with van der Waals surface area (Å²) in [6.45, 7) is 20.3. The second-order valence-corrected chi connectivity index (χ2v) is 14.6. The number of halogens is 1. The largest absolute Gasteiger partial charge is 0.255 e. The minimum absolute atomic E-state index is 0.279. The molecular weight excluding hydrogens is 652 g/mol. The van der Waals surface area contributed by atoms with Crippen LogP contribution in [0.25, 0.3) is 22.3 Å². The summed E-state index contributed by atoms with van der Waals surface area (Å²) in [6.07, 6.45) is 7.40. The normalized spacial score (nSPS) is 12.1. The van der Waals surface area contributed by atoms with Crippen molar-refractivity contribution in [3.63, 3.8) is 0 Å². The van der Waals surface area contributed by atoms with Gasteiger partial charge in [-0.25, -0.2) is 0 Å². The van der Waals surface area contributed by atoms with Crippen LogP contribution in [-0.4, -0.2) is 22.4 Å². The predicted molar refractivity (Wildman–Crippen MR) is 209 cm³/mol. The van der Waals surface area contributed by atoms with Gasteiger partial charge < -0.3 is 0 Å². The first-order chi connectivity index (χ1) is 23.0. The van der Waals surface area contributed by atoms with Crippen molar-refractivity contribution in [1.29, 1.82) is 0 Å². The molecule has 0 spiro atoms. The van der Waals surface area contributed by atoms with Crippen LogP contribution in [0.15, 0.2) is 99.6 Å². The summed E-state index contributed by atoms with van der Waals surface area (Å²) in [7, 11) is 0. The first kappa shape index (κ1) is 35.1. The molecule has 0 aliphatic heterocycles. The van der Waals surface area contributed by atoms with Crippen molar-refractivity contribution in [2.24, 2.45) is 9.98 Å². The zero-order chi connectivity index (χ0) is 34.5. The van der Waals surface area contributed by atoms with Gasteiger partial charge in [0, 0.05) is 22.4 Å². The van der Waals surface area contributed by atoms with Gasteiger partial charge in [0.05, 0.1) is 35.2 Å². The maximum Gasteiger partial charge on any atom is 0.0812 e. The fourth-order valence-corrected chi connectivity index (χ4v) is 6.77. The lowest BCUT2D eigenvalue weighted by Crippen LogP contribution is -2.01. The molecule has 4 nitrogen and oxygen atoms in total. The number of aliphatic imine (C=N–C) groups is 2. The monoisotopic (exact) mass is 698 g/mol. The number of nitrogens with zero attached hydrogens (tertiary/aromatic N) is 4. The summed E-state index contributed by atoms with van der Waals surface area (Å²) in [4.78, 5) is 19.1. The van der Waals surface area contributed by atoms with Crippen molar-refractivity contribution in [1.82, 2.24) is 9.97 Å². The van der Waals surface area contributed by atoms with Crippen molar-refractivity contribution < 1.29 is 0 Å². The van der Waals surface area contributed by atoms with E-state index in [1.807, 2.05) is 61.2 Å². The van der Waals surface area contributed by atoms with Crippen LogP contribution in [0.4, 0.5) is 11.4 Å². The molecule has 0 N–H and O–H groups in total. The van der Waals surface area contributed by atoms with Crippen LogP contribution < -0.4 is 0 Å². The summed E-state index contributed by atoms with van der Waals surface area (Å²) in [5.74, 6) is 1.12. The molecule has 3 aromatic carbocycles. The van der Waals surface area contributed by atoms with Crippen LogP contribution in [0.3, 0.4) is 0 Å². The maximum absolute atomic E-state index is 5.07. The van der Waals surface area contributed by atoms with Crippen molar-refractivity contribution in [3.8, 4) is 22.3 Å². The van der Waals surface area contributed by atoms with E-state index in [1.54, 1.807) is 0 Å². The van der Waals surface area contributed by atoms with E-state index in [2.05, 4.69) is 125 Å². The summed E-state index contributed by atoms with van der Waals surface area (Å²) in [5, 5.41) is 0. The Morgan fingerprint density at radius 2 is 0.938 bits per heavy atom. The Kier molecular flexibility index (Phi) is 11.2. The number of aryl methyl sites for hydroxylation is 1. The van der Waals surface area contributed by atoms with Crippen LogP contribution in [0.1, 0.15) is 118 Å². The first-order valence-corrected chi connectivity index (χ1v) is 17.8. The third-order valence-corrected chi connectivity index (χ3v) is 9.45. The van der Waals surface area contributed by atoms with Crippen molar-refractivity contribution >= 4 is 39.7 Å². The fraction of sp³-hybridized carbons (Fsp3) is 0.302. The number of pyridine rings is 2. The predicted octanol–water partition coefficient (Wildman–Crippen LogP) is 12.9. The number of aromatic nitrogens is 2. The molecule has 0 aliphatic rings. The summed E-state index contributed by atoms with van der Waals surface area (Å²) in [5.41, 5.74) is 14.8. The Bertz CT molecular complexity index is 1740. The van der Waals surface area contributed by atoms with E-state index < -0.39 is 0 Å². The Hall–Kier alpha value is -4.22. The highest BCUT2D eigenvalue weighted by Crippen LogP contribution is 2.47. The molecule has 0 unspecified atom stereocenters. The molecule has 2 aromatic heterocycles. The molecular formula is C43H47BrN4. The zero-order valence-corrected chi connectivity index (χ0v) is 31.3. The highest BCUT2D eigenvalue weighted by atomic mass is 79.9. The van der Waals surface area contributed by atoms with E-state index >= 15 is 0 Å². The van der Waals surface area contributed by atoms with E-state index in [4.69, 9.17) is 9.98 Å². The minimum Gasteiger partial charge on any atom is -0.255 e. The average molecular weight is 700 g/mol. The minimum atomic E-state index is 0.279. The van der Waals surface area contributed by atoms with E-state index in [-0.39, 0.29) is 23.7 Å². The number of hydrogen-bond acceptors (Lipinski definition) is 4. The van der Waals surface area contributed by atoms with Crippen LogP contribution in [0, 0.1) is 6.92 Å². The van der Waals surface area contributed by atoms with Gasteiger partial charge in [-0.1, -0.05) is 89.5 Å². The number of rotatable bonds is 10. The van der Waals surface area contributed by atoms with Gasteiger partial charge in [-0.3, -0.25) is 20.0 Å². The van der Waals surface area contributed by atoms with Crippen LogP contribution >= 0.6 is 15.9 Å². The smallest absolute Gasteiger partial charge is 0.0812 e. The molecule has 0 saturated carbocycles. The topological polar surface area (TPSA) is 50.5 Å². The van der Waals surface area contributed by atoms with Gasteiger partial charge in [0.15, 0.2) is 0 Å². The van der Waals surface area contributed by atoms with Crippen LogP contribution in [0.2, 0.25) is 0 Å². The highest BCUT2D eigenvalue weighted by Gasteiger charge is 2.23. The third kappa shape index (κ3) is 7.73. The molecule has 246 valence electrons. The molecule has 2 heterocycles. The fourth-order valence-electron chi connectivity index (χ4n) is 6.21. The molecule has 48 heavy (non-hydrogen) atoms. The van der Waals surface area contributed by atoms with Crippen molar-refractivity contribution in [2.75, 3.05) is 0 Å². The lowest BCUT2D eigenvalue weighted by Gasteiger charge is -2.24. The van der Waals surface area contributed by atoms with Gasteiger partial charge in [0.1, 0.15) is 0 Å². The number of hydrogen-bond donors (Lipinski definition) is 0. The quantitative estimate of drug-likeness (QED) is 0.136. The Balaban J connectivity index is 1.75. The van der Waals surface area contributed by atoms with Gasteiger partial charge in [-0.2, -0.15) is 0 Å². The van der Waals surface area contributed by atoms with Crippen molar-refractivity contribution in [2.45, 2.75) is 86.0 Å². The first-order valence-electron chi connectivity index (χ1n) is 17.0. The molecule has 0 bridgehead atoms. The summed E-state index contributed by atoms with van der Waals surface area (Å²) in [6, 6.07) is 25.7. The molecule has 0 amide bonds. The van der Waals surface area contributed by atoms with Gasteiger partial charge in [-0.05, 0) is 130 Å². The zero-order valence-electron chi connectivity index (χ0n) is 29.7. The maximum atomic E-state index is 5.07. The Labute approximate surface area is 295 Å². The molecule has 0 aliphatic carbocycles. The molecule has 0 saturated heterocycles. The van der Waals surface area contributed by atoms with Crippen molar-refractivity contribution in [3.05, 3.63) is 129 Å². The third-order valence-electron chi connectivity index (χ3n) is 8.79. The lowest BCUT2D eigenvalue weighted by atomic mass is 9.83. The van der Waals surface area contributed by atoms with E-state index in [9.17, 15) is 0 Å². The second kappa shape index (κ2) is 15.3. The van der Waals surface area contributed by atoms with Gasteiger partial charge in [0.2, 0.25) is 0 Å². The summed E-state index contributed by atoms with van der Waals surface area (Å²) < 4.78 is 1.08. The van der Waals surface area contributed by atoms with E-state index in [1.165, 1.54) is 50.1 Å². The highest BCUT2D eigenvalue weighted by molar-refractivity contribution is 9.10. The number of benzene rings is 3. The van der Waals surface area contributed by atoms with E-state index in [0.717, 1.165) is 27.2 Å². The molecule has 0 atom stereocenters. The second-order valence-electron chi connectivity index (χ2n) is 13.8. The molecule has 5 rings (SSSR count). The summed E-state index contributed by atoms with van der Waals surface area (Å²) >= 11 is 4.01. The Morgan fingerprint density at radius 1 is 0.542 bits per heavy atom. The molecule has 5 heteroatoms. The van der Waals surface area contributed by atoms with Gasteiger partial charge >= 0.3 is 0 Å². The molecule has 0 fully saturated rings. The average Bonchev–Trinajstić information content (AvgIpc) is 3.07. The van der Waals surface area contributed by atoms with Crippen LogP contribution in [-0.2, 0) is 0 Å². The molecule has 5 aromatic rings. The SMILES string of the molecule is Cc1ccc(Br)c(-c2cc(C(C)C)c(/N=C/c3ccccn3)c(C(C)C)c2)c1-c1cc(C(C)C)c(/N=C/c2ccccn2)c(C(C)C)c1.